The van der Waals surface area contributed by atoms with Crippen LogP contribution in [0.25, 0.3) is 10.8 Å². The lowest BCUT2D eigenvalue weighted by Gasteiger charge is -2.26. The topological polar surface area (TPSA) is 131 Å². The van der Waals surface area contributed by atoms with Crippen LogP contribution < -0.4 is 16.4 Å². The van der Waals surface area contributed by atoms with Crippen LogP contribution in [-0.4, -0.2) is 23.0 Å². The van der Waals surface area contributed by atoms with Gasteiger partial charge in [-0.05, 0) is 60.6 Å². The Kier molecular flexibility index (Phi) is 9.15. The number of imide groups is 1. The number of allylic oxidation sites excluding steroid dienone is 1. The number of fused-ring (bicyclic) bond motifs is 1. The summed E-state index contributed by atoms with van der Waals surface area (Å²) in [4.78, 5) is 37.7. The highest BCUT2D eigenvalue weighted by Crippen LogP contribution is 2.37. The third-order valence-corrected chi connectivity index (χ3v) is 6.52. The molecule has 40 heavy (non-hydrogen) atoms. The summed E-state index contributed by atoms with van der Waals surface area (Å²) in [5.74, 6) is -0.965. The number of para-hydroxylation sites is 2. The number of carbonyl (C=O) groups excluding carboxylic acids is 3. The molecule has 4 aromatic carbocycles. The summed E-state index contributed by atoms with van der Waals surface area (Å²) < 4.78 is 5.84. The van der Waals surface area contributed by atoms with E-state index >= 15 is 0 Å². The van der Waals surface area contributed by atoms with E-state index in [0.717, 1.165) is 5.39 Å². The number of benzene rings is 4. The van der Waals surface area contributed by atoms with Crippen LogP contribution in [0.15, 0.2) is 103 Å². The summed E-state index contributed by atoms with van der Waals surface area (Å²) in [6, 6.07) is 26.0. The maximum Gasteiger partial charge on any atom is 0.414 e. The van der Waals surface area contributed by atoms with Crippen LogP contribution in [0.1, 0.15) is 41.8 Å². The van der Waals surface area contributed by atoms with Crippen LogP contribution in [0.4, 0.5) is 16.2 Å². The predicted molar refractivity (Wildman–Crippen MR) is 156 cm³/mol. The van der Waals surface area contributed by atoms with Gasteiger partial charge in [0.15, 0.2) is 0 Å². The van der Waals surface area contributed by atoms with E-state index in [9.17, 15) is 19.5 Å². The monoisotopic (exact) mass is 537 g/mol. The first-order valence-corrected chi connectivity index (χ1v) is 12.9. The first-order valence-electron chi connectivity index (χ1n) is 12.9. The van der Waals surface area contributed by atoms with Gasteiger partial charge in [-0.15, -0.1) is 0 Å². The molecule has 0 aliphatic carbocycles. The Morgan fingerprint density at radius 1 is 0.900 bits per heavy atom. The summed E-state index contributed by atoms with van der Waals surface area (Å²) >= 11 is 0. The molecule has 0 radical (unpaired) electrons. The van der Waals surface area contributed by atoms with Crippen LogP contribution in [0, 0.1) is 5.92 Å². The van der Waals surface area contributed by atoms with Gasteiger partial charge in [-0.3, -0.25) is 14.9 Å². The second kappa shape index (κ2) is 13.1. The number of rotatable bonds is 9. The van der Waals surface area contributed by atoms with Crippen molar-refractivity contribution in [2.24, 2.45) is 5.92 Å². The van der Waals surface area contributed by atoms with Crippen molar-refractivity contribution in [2.45, 2.75) is 25.9 Å². The fourth-order valence-electron chi connectivity index (χ4n) is 4.43. The van der Waals surface area contributed by atoms with Gasteiger partial charge in [0.05, 0.1) is 11.4 Å². The molecule has 0 saturated heterocycles. The lowest BCUT2D eigenvalue weighted by Crippen LogP contribution is -2.33. The molecule has 0 aromatic heterocycles. The number of amides is 3. The minimum atomic E-state index is -0.877. The van der Waals surface area contributed by atoms with Crippen molar-refractivity contribution in [2.75, 3.05) is 11.1 Å². The number of ether oxygens (including phenoxy) is 1. The average Bonchev–Trinajstić information content (AvgIpc) is 2.96. The van der Waals surface area contributed by atoms with E-state index in [1.807, 2.05) is 25.1 Å². The lowest BCUT2D eigenvalue weighted by molar-refractivity contribution is -0.111. The molecule has 0 unspecified atom stereocenters. The number of phenolic OH excluding ortho intramolecular Hbond substituents is 1. The zero-order chi connectivity index (χ0) is 28.5. The van der Waals surface area contributed by atoms with Crippen LogP contribution in [0.2, 0.25) is 0 Å². The number of hydrogen-bond acceptors (Lipinski definition) is 6. The van der Waals surface area contributed by atoms with E-state index in [4.69, 9.17) is 10.5 Å². The first-order chi connectivity index (χ1) is 19.3. The van der Waals surface area contributed by atoms with Crippen molar-refractivity contribution in [3.05, 3.63) is 114 Å². The predicted octanol–water partition coefficient (Wildman–Crippen LogP) is 6.35. The molecule has 0 saturated carbocycles. The largest absolute Gasteiger partial charge is 0.507 e. The minimum absolute atomic E-state index is 0.113. The van der Waals surface area contributed by atoms with E-state index in [1.54, 1.807) is 78.9 Å². The van der Waals surface area contributed by atoms with E-state index in [0.29, 0.717) is 40.7 Å². The number of aromatic hydroxyl groups is 1. The van der Waals surface area contributed by atoms with Crippen molar-refractivity contribution in [1.82, 2.24) is 5.32 Å². The summed E-state index contributed by atoms with van der Waals surface area (Å²) in [6.07, 6.45) is 2.67. The number of phenols is 1. The summed E-state index contributed by atoms with van der Waals surface area (Å²) in [5, 5.41) is 16.8. The Labute approximate surface area is 232 Å². The molecule has 0 aliphatic rings. The first kappa shape index (κ1) is 27.9. The Morgan fingerprint density at radius 2 is 1.57 bits per heavy atom. The third-order valence-electron chi connectivity index (χ3n) is 6.52. The van der Waals surface area contributed by atoms with Crippen LogP contribution >= 0.6 is 0 Å². The normalized spacial score (nSPS) is 12.5. The molecule has 3 amide bonds. The average molecular weight is 538 g/mol. The molecule has 0 fully saturated rings. The summed E-state index contributed by atoms with van der Waals surface area (Å²) in [6.45, 7) is 1.93. The third kappa shape index (κ3) is 7.05. The molecule has 0 bridgehead atoms. The van der Waals surface area contributed by atoms with Gasteiger partial charge in [0.25, 0.3) is 5.91 Å². The highest BCUT2D eigenvalue weighted by atomic mass is 16.6. The summed E-state index contributed by atoms with van der Waals surface area (Å²) in [5.41, 5.74) is 7.92. The SMILES string of the molecule is C[C@H](CC/C=C/C(=O)Nc1ccccc1N)[C@@H](OC(=O)NC(=O)c1ccccc1)c1ccc(O)c2ccccc12. The number of nitrogens with one attached hydrogen (secondary N) is 2. The van der Waals surface area contributed by atoms with E-state index in [-0.39, 0.29) is 17.6 Å². The Morgan fingerprint density at radius 3 is 2.33 bits per heavy atom. The molecule has 0 aliphatic heterocycles. The zero-order valence-corrected chi connectivity index (χ0v) is 22.0. The summed E-state index contributed by atoms with van der Waals surface area (Å²) in [7, 11) is 0. The van der Waals surface area contributed by atoms with E-state index in [2.05, 4.69) is 10.6 Å². The van der Waals surface area contributed by atoms with Gasteiger partial charge < -0.3 is 20.9 Å². The Hall–Kier alpha value is -5.11. The Balaban J connectivity index is 1.48. The molecule has 8 heteroatoms. The quantitative estimate of drug-likeness (QED) is 0.145. The van der Waals surface area contributed by atoms with Crippen LogP contribution in [0.5, 0.6) is 5.75 Å². The highest BCUT2D eigenvalue weighted by molar-refractivity contribution is 6.03. The molecule has 5 N–H and O–H groups in total. The smallest absolute Gasteiger partial charge is 0.414 e. The number of hydrogen-bond donors (Lipinski definition) is 4. The number of nitrogen functional groups attached to an aromatic ring is 1. The number of anilines is 2. The van der Waals surface area contributed by atoms with Crippen LogP contribution in [0.3, 0.4) is 0 Å². The van der Waals surface area contributed by atoms with Crippen molar-refractivity contribution in [3.8, 4) is 5.75 Å². The highest BCUT2D eigenvalue weighted by Gasteiger charge is 2.26. The van der Waals surface area contributed by atoms with E-state index < -0.39 is 18.1 Å². The number of nitrogens with two attached hydrogens (primary N) is 1. The van der Waals surface area contributed by atoms with Crippen LogP contribution in [-0.2, 0) is 9.53 Å². The molecule has 2 atom stereocenters. The molecule has 4 aromatic rings. The fourth-order valence-corrected chi connectivity index (χ4v) is 4.43. The number of carbonyl (C=O) groups is 3. The molecule has 0 spiro atoms. The maximum absolute atomic E-state index is 12.9. The van der Waals surface area contributed by atoms with Crippen molar-refractivity contribution >= 4 is 40.1 Å². The minimum Gasteiger partial charge on any atom is -0.507 e. The molecule has 4 rings (SSSR count). The van der Waals surface area contributed by atoms with Gasteiger partial charge in [0, 0.05) is 16.5 Å². The van der Waals surface area contributed by atoms with Gasteiger partial charge >= 0.3 is 6.09 Å². The van der Waals surface area contributed by atoms with Gasteiger partial charge in [-0.1, -0.05) is 73.7 Å². The van der Waals surface area contributed by atoms with Crippen molar-refractivity contribution in [1.29, 1.82) is 0 Å². The zero-order valence-electron chi connectivity index (χ0n) is 22.0. The molecular weight excluding hydrogens is 506 g/mol. The van der Waals surface area contributed by atoms with Gasteiger partial charge in [0.2, 0.25) is 5.91 Å². The van der Waals surface area contributed by atoms with E-state index in [1.165, 1.54) is 6.08 Å². The number of alkyl carbamates (subject to hydrolysis) is 1. The van der Waals surface area contributed by atoms with Gasteiger partial charge in [0.1, 0.15) is 11.9 Å². The fraction of sp³-hybridized carbons (Fsp3) is 0.156. The maximum atomic E-state index is 12.9. The second-order valence-electron chi connectivity index (χ2n) is 9.40. The Bertz CT molecular complexity index is 1530. The van der Waals surface area contributed by atoms with Gasteiger partial charge in [-0.2, -0.15) is 0 Å². The lowest BCUT2D eigenvalue weighted by atomic mass is 9.89. The van der Waals surface area contributed by atoms with Gasteiger partial charge in [-0.25, -0.2) is 4.79 Å². The van der Waals surface area contributed by atoms with Crippen molar-refractivity contribution in [3.63, 3.8) is 0 Å². The standard InChI is InChI=1S/C32H31N3O5/c1-21(11-5-10-18-29(37)34-27-17-9-8-16-26(27)33)30(25-19-20-28(36)24-15-7-6-14-23(24)25)40-32(39)35-31(38)22-12-3-2-4-13-22/h2-4,6-10,12-21,30,36H,5,11,33H2,1H3,(H,34,37)(H,35,38,39)/b18-10+/t21-,30-/m1/s1. The van der Waals surface area contributed by atoms with Crippen molar-refractivity contribution < 1.29 is 24.2 Å². The molecular formula is C32H31N3O5. The molecule has 0 heterocycles. The molecule has 204 valence electrons. The second-order valence-corrected chi connectivity index (χ2v) is 9.40. The molecule has 8 nitrogen and oxygen atoms in total.